The number of rotatable bonds is 3. The summed E-state index contributed by atoms with van der Waals surface area (Å²) >= 11 is 0. The van der Waals surface area contributed by atoms with E-state index in [9.17, 15) is 8.22 Å². The lowest BCUT2D eigenvalue weighted by molar-refractivity contribution is 0.670. The van der Waals surface area contributed by atoms with Crippen LogP contribution in [0.2, 0.25) is 0 Å². The van der Waals surface area contributed by atoms with Gasteiger partial charge in [0.2, 0.25) is 0 Å². The molecule has 0 N–H and O–H groups in total. The first-order valence-electron chi connectivity index (χ1n) is 22.5. The maximum Gasteiger partial charge on any atom is 0.143 e. The molecule has 0 aliphatic carbocycles. The van der Waals surface area contributed by atoms with Crippen molar-refractivity contribution in [1.29, 1.82) is 0 Å². The predicted octanol–water partition coefficient (Wildman–Crippen LogP) is 13.2. The van der Waals surface area contributed by atoms with Gasteiger partial charge in [0.25, 0.3) is 0 Å². The normalized spacial score (nSPS) is 16.3. The van der Waals surface area contributed by atoms with E-state index in [4.69, 9.17) is 16.8 Å². The van der Waals surface area contributed by atoms with Crippen molar-refractivity contribution in [3.05, 3.63) is 169 Å². The Labute approximate surface area is 293 Å². The van der Waals surface area contributed by atoms with Gasteiger partial charge in [-0.3, -0.25) is 0 Å². The van der Waals surface area contributed by atoms with E-state index >= 15 is 0 Å². The molecule has 0 spiro atoms. The number of fused-ring (bicyclic) bond motifs is 7. The second-order valence-electron chi connectivity index (χ2n) is 11.2. The zero-order chi connectivity index (χ0) is 44.0. The molecule has 1 nitrogen and oxygen atoms in total. The van der Waals surface area contributed by atoms with Crippen LogP contribution in [0.4, 0.5) is 0 Å². The molecule has 0 aliphatic rings. The molecule has 218 valence electrons. The van der Waals surface area contributed by atoms with Crippen molar-refractivity contribution in [2.24, 2.45) is 0 Å². The predicted molar refractivity (Wildman–Crippen MR) is 200 cm³/mol. The summed E-state index contributed by atoms with van der Waals surface area (Å²) < 4.78 is 141. The minimum Gasteiger partial charge on any atom is -0.455 e. The zero-order valence-corrected chi connectivity index (χ0v) is 24.4. The Balaban J connectivity index is 1.43. The van der Waals surface area contributed by atoms with E-state index < -0.39 is 107 Å². The van der Waals surface area contributed by atoms with Crippen molar-refractivity contribution in [2.75, 3.05) is 0 Å². The summed E-state index contributed by atoms with van der Waals surface area (Å²) in [6.07, 6.45) is 0. The zero-order valence-electron chi connectivity index (χ0n) is 39.4. The van der Waals surface area contributed by atoms with Crippen LogP contribution < -0.4 is 0 Å². The first-order chi connectivity index (χ1) is 29.6. The number of benzene rings is 9. The fourth-order valence-electron chi connectivity index (χ4n) is 6.76. The highest BCUT2D eigenvalue weighted by atomic mass is 16.3. The number of hydrogen-bond acceptors (Lipinski definition) is 1. The highest BCUT2D eigenvalue weighted by Crippen LogP contribution is 2.47. The van der Waals surface area contributed by atoms with Crippen molar-refractivity contribution in [3.8, 4) is 33.4 Å². The SMILES string of the molecule is [2H]c1c([2H])c([2H])c2c([2H])c(-c3c4c([2H])c([2H])c([2H])c([2H])c4c(-c4ccc(-c5cccc6c5oc5ccccc56)c5ccccc45)c4c([2H])c([2H])c([2H])c([2H])c34)c([2H])c([2H])c2c1[2H]. The highest BCUT2D eigenvalue weighted by molar-refractivity contribution is 6.24. The van der Waals surface area contributed by atoms with Crippen LogP contribution in [0.1, 0.15) is 20.6 Å². The van der Waals surface area contributed by atoms with Crippen molar-refractivity contribution in [3.63, 3.8) is 0 Å². The maximum atomic E-state index is 9.49. The van der Waals surface area contributed by atoms with Crippen molar-refractivity contribution < 1.29 is 25.0 Å². The first kappa shape index (κ1) is 15.4. The van der Waals surface area contributed by atoms with Crippen LogP contribution in [0, 0.1) is 0 Å². The van der Waals surface area contributed by atoms with Crippen molar-refractivity contribution in [1.82, 2.24) is 0 Å². The molecule has 0 unspecified atom stereocenters. The minimum atomic E-state index is -0.739. The third-order valence-electron chi connectivity index (χ3n) is 8.76. The monoisotopic (exact) mass is 611 g/mol. The molecule has 1 aromatic heterocycles. The third-order valence-corrected chi connectivity index (χ3v) is 8.76. The standard InChI is InChI=1S/C46H28O/c1-2-13-30-28-31(25-24-29(30)12-1)44-36-17-5-7-19-38(36)45(39-20-8-6-18-37(39)44)40-27-26-34(32-14-3-4-15-33(32)40)41-21-11-22-42-35-16-9-10-23-43(35)47-46(41)42/h1-28H/i1D,2D,5D,6D,7D,8D,12D,13D,17D,18D,19D,20D,24D,25D,28D. The second kappa shape index (κ2) is 10.2. The van der Waals surface area contributed by atoms with Gasteiger partial charge < -0.3 is 4.42 Å². The average molecular weight is 612 g/mol. The molecule has 0 radical (unpaired) electrons. The third kappa shape index (κ3) is 3.90. The van der Waals surface area contributed by atoms with E-state index in [-0.39, 0.29) is 32.7 Å². The summed E-state index contributed by atoms with van der Waals surface area (Å²) in [7, 11) is 0. The largest absolute Gasteiger partial charge is 0.455 e. The molecule has 0 saturated heterocycles. The summed E-state index contributed by atoms with van der Waals surface area (Å²) in [5.41, 5.74) is 2.38. The molecule has 1 heteroatoms. The van der Waals surface area contributed by atoms with Crippen LogP contribution in [0.15, 0.2) is 174 Å². The molecule has 10 aromatic rings. The molecule has 0 amide bonds. The van der Waals surface area contributed by atoms with Gasteiger partial charge in [0, 0.05) is 16.3 Å². The molecule has 47 heavy (non-hydrogen) atoms. The Kier molecular flexibility index (Phi) is 3.33. The molecule has 9 aromatic carbocycles. The summed E-state index contributed by atoms with van der Waals surface area (Å²) in [6, 6.07) is 14.4. The van der Waals surface area contributed by atoms with Gasteiger partial charge in [-0.25, -0.2) is 0 Å². The Morgan fingerprint density at radius 1 is 0.383 bits per heavy atom. The minimum absolute atomic E-state index is 0.0364. The van der Waals surface area contributed by atoms with Crippen LogP contribution in [0.5, 0.6) is 0 Å². The van der Waals surface area contributed by atoms with Crippen LogP contribution in [0.3, 0.4) is 0 Å². The van der Waals surface area contributed by atoms with Gasteiger partial charge in [-0.2, -0.15) is 0 Å². The molecule has 10 rings (SSSR count). The van der Waals surface area contributed by atoms with Crippen molar-refractivity contribution in [2.45, 2.75) is 0 Å². The maximum absolute atomic E-state index is 9.49. The fourth-order valence-corrected chi connectivity index (χ4v) is 6.76. The van der Waals surface area contributed by atoms with Crippen LogP contribution in [0.25, 0.3) is 98.4 Å². The Hall–Kier alpha value is -6.18. The van der Waals surface area contributed by atoms with E-state index in [1.807, 2.05) is 66.7 Å². The van der Waals surface area contributed by atoms with Gasteiger partial charge in [0.05, 0.1) is 20.6 Å². The Morgan fingerprint density at radius 3 is 1.70 bits per heavy atom. The summed E-state index contributed by atoms with van der Waals surface area (Å²) in [4.78, 5) is 0. The molecule has 0 saturated carbocycles. The lowest BCUT2D eigenvalue weighted by atomic mass is 9.83. The Bertz CT molecular complexity index is 3620. The summed E-state index contributed by atoms with van der Waals surface area (Å²) in [6.45, 7) is 0. The van der Waals surface area contributed by atoms with Crippen molar-refractivity contribution >= 4 is 65.0 Å². The quantitative estimate of drug-likeness (QED) is 0.181. The molecular weight excluding hydrogens is 569 g/mol. The lowest BCUT2D eigenvalue weighted by Gasteiger charge is -2.20. The van der Waals surface area contributed by atoms with Crippen LogP contribution in [-0.2, 0) is 0 Å². The van der Waals surface area contributed by atoms with Gasteiger partial charge in [-0.15, -0.1) is 0 Å². The van der Waals surface area contributed by atoms with Crippen LogP contribution >= 0.6 is 0 Å². The van der Waals surface area contributed by atoms with E-state index in [2.05, 4.69) is 0 Å². The summed E-state index contributed by atoms with van der Waals surface area (Å²) in [5, 5.41) is 1.28. The molecular formula is C46H28O. The number of hydrogen-bond donors (Lipinski definition) is 0. The number of para-hydroxylation sites is 2. The number of furan rings is 1. The van der Waals surface area contributed by atoms with Gasteiger partial charge in [-0.1, -0.05) is 157 Å². The smallest absolute Gasteiger partial charge is 0.143 e. The molecule has 0 fully saturated rings. The van der Waals surface area contributed by atoms with Gasteiger partial charge in [-0.05, 0) is 83.0 Å². The molecule has 0 bridgehead atoms. The van der Waals surface area contributed by atoms with Gasteiger partial charge in [0.1, 0.15) is 11.2 Å². The van der Waals surface area contributed by atoms with E-state index in [0.29, 0.717) is 27.5 Å². The van der Waals surface area contributed by atoms with E-state index in [0.717, 1.165) is 21.9 Å². The summed E-state index contributed by atoms with van der Waals surface area (Å²) in [5.74, 6) is 0. The lowest BCUT2D eigenvalue weighted by Crippen LogP contribution is -1.92. The van der Waals surface area contributed by atoms with E-state index in [1.54, 1.807) is 12.1 Å². The van der Waals surface area contributed by atoms with Gasteiger partial charge >= 0.3 is 0 Å². The molecule has 1 heterocycles. The first-order valence-corrected chi connectivity index (χ1v) is 15.0. The average Bonchev–Trinajstić information content (AvgIpc) is 3.66. The molecule has 0 atom stereocenters. The van der Waals surface area contributed by atoms with Gasteiger partial charge in [0.15, 0.2) is 0 Å². The Morgan fingerprint density at radius 2 is 0.957 bits per heavy atom. The highest BCUT2D eigenvalue weighted by Gasteiger charge is 2.20. The van der Waals surface area contributed by atoms with E-state index in [1.165, 1.54) is 0 Å². The topological polar surface area (TPSA) is 13.1 Å². The molecule has 0 aliphatic heterocycles. The second-order valence-corrected chi connectivity index (χ2v) is 11.2. The fraction of sp³-hybridized carbons (Fsp3) is 0. The van der Waals surface area contributed by atoms with Crippen LogP contribution in [-0.4, -0.2) is 0 Å².